The maximum Gasteiger partial charge on any atom is 0.256 e. The summed E-state index contributed by atoms with van der Waals surface area (Å²) in [6.45, 7) is 6.00. The van der Waals surface area contributed by atoms with Gasteiger partial charge in [0, 0.05) is 11.1 Å². The zero-order valence-electron chi connectivity index (χ0n) is 13.0. The van der Waals surface area contributed by atoms with Crippen LogP contribution >= 0.6 is 0 Å². The number of nitrogens with one attached hydrogen (secondary N) is 2. The van der Waals surface area contributed by atoms with Gasteiger partial charge < -0.3 is 14.8 Å². The van der Waals surface area contributed by atoms with Crippen molar-refractivity contribution in [2.75, 3.05) is 14.2 Å². The Bertz CT molecular complexity index is 576. The summed E-state index contributed by atoms with van der Waals surface area (Å²) in [5, 5.41) is 5.91. The van der Waals surface area contributed by atoms with Gasteiger partial charge in [0.1, 0.15) is 11.5 Å². The second-order valence-electron chi connectivity index (χ2n) is 5.85. The summed E-state index contributed by atoms with van der Waals surface area (Å²) in [5.41, 5.74) is 0.500. The normalized spacial score (nSPS) is 18.0. The molecule has 0 aromatic heterocycles. The molecule has 0 aliphatic carbocycles. The first-order valence-electron chi connectivity index (χ1n) is 6.73. The Morgan fingerprint density at radius 3 is 2.52 bits per heavy atom. The van der Waals surface area contributed by atoms with Crippen molar-refractivity contribution in [1.29, 1.82) is 0 Å². The van der Waals surface area contributed by atoms with Crippen LogP contribution in [0, 0.1) is 0 Å². The number of carbonyl (C=O) groups excluding carboxylic acids is 1. The molecule has 1 atom stereocenters. The van der Waals surface area contributed by atoms with E-state index in [4.69, 9.17) is 9.47 Å². The summed E-state index contributed by atoms with van der Waals surface area (Å²) < 4.78 is 10.5. The molecule has 1 aliphatic heterocycles. The van der Waals surface area contributed by atoms with E-state index in [0.717, 1.165) is 0 Å². The van der Waals surface area contributed by atoms with Crippen LogP contribution in [0.2, 0.25) is 0 Å². The molecule has 1 aliphatic rings. The first-order valence-corrected chi connectivity index (χ1v) is 6.73. The first-order chi connectivity index (χ1) is 9.84. The van der Waals surface area contributed by atoms with Gasteiger partial charge in [-0.3, -0.25) is 10.1 Å². The van der Waals surface area contributed by atoms with Crippen LogP contribution in [0.5, 0.6) is 11.5 Å². The fourth-order valence-corrected chi connectivity index (χ4v) is 2.09. The Balaban J connectivity index is 2.34. The third-order valence-electron chi connectivity index (χ3n) is 2.97. The zero-order valence-corrected chi connectivity index (χ0v) is 13.0. The molecule has 0 saturated carbocycles. The Hall–Kier alpha value is -2.24. The molecule has 0 bridgehead atoms. The number of rotatable bonds is 3. The van der Waals surface area contributed by atoms with E-state index in [1.54, 1.807) is 32.4 Å². The van der Waals surface area contributed by atoms with Crippen molar-refractivity contribution < 1.29 is 14.3 Å². The molecule has 114 valence electrons. The standard InChI is InChI=1S/C15H21N3O3/c1-15(2,3)18-14-16-12(13(19)17-14)10-8-9(20-4)6-7-11(10)21-5/h6-8,12H,1-5H3,(H2,16,17,18,19). The summed E-state index contributed by atoms with van der Waals surface area (Å²) in [6.07, 6.45) is 0. The number of ether oxygens (including phenoxy) is 2. The van der Waals surface area contributed by atoms with Gasteiger partial charge in [-0.2, -0.15) is 0 Å². The van der Waals surface area contributed by atoms with Crippen LogP contribution in [0.3, 0.4) is 0 Å². The molecule has 0 saturated heterocycles. The highest BCUT2D eigenvalue weighted by Gasteiger charge is 2.31. The second-order valence-corrected chi connectivity index (χ2v) is 5.85. The van der Waals surface area contributed by atoms with Crippen molar-refractivity contribution in [3.63, 3.8) is 0 Å². The van der Waals surface area contributed by atoms with Gasteiger partial charge in [-0.1, -0.05) is 0 Å². The number of hydrogen-bond donors (Lipinski definition) is 2. The molecule has 0 radical (unpaired) electrons. The van der Waals surface area contributed by atoms with E-state index < -0.39 is 6.04 Å². The Labute approximate surface area is 124 Å². The largest absolute Gasteiger partial charge is 0.497 e. The molecule has 1 unspecified atom stereocenters. The molecule has 2 N–H and O–H groups in total. The van der Waals surface area contributed by atoms with E-state index >= 15 is 0 Å². The van der Waals surface area contributed by atoms with Crippen molar-refractivity contribution in [2.45, 2.75) is 32.4 Å². The molecule has 1 aromatic rings. The second kappa shape index (κ2) is 5.63. The number of carbonyl (C=O) groups is 1. The van der Waals surface area contributed by atoms with E-state index in [1.807, 2.05) is 20.8 Å². The zero-order chi connectivity index (χ0) is 15.6. The van der Waals surface area contributed by atoms with Crippen molar-refractivity contribution in [2.24, 2.45) is 4.99 Å². The summed E-state index contributed by atoms with van der Waals surface area (Å²) in [4.78, 5) is 16.6. The number of benzene rings is 1. The van der Waals surface area contributed by atoms with E-state index in [9.17, 15) is 4.79 Å². The van der Waals surface area contributed by atoms with Gasteiger partial charge in [0.2, 0.25) is 0 Å². The minimum Gasteiger partial charge on any atom is -0.497 e. The molecule has 6 heteroatoms. The smallest absolute Gasteiger partial charge is 0.256 e. The number of nitrogens with zero attached hydrogens (tertiary/aromatic N) is 1. The SMILES string of the molecule is COc1ccc(OC)c(C2N=C(NC(C)(C)C)NC2=O)c1. The van der Waals surface area contributed by atoms with Gasteiger partial charge in [-0.05, 0) is 39.0 Å². The average molecular weight is 291 g/mol. The van der Waals surface area contributed by atoms with Crippen LogP contribution in [-0.4, -0.2) is 31.6 Å². The predicted octanol–water partition coefficient (Wildman–Crippen LogP) is 1.62. The van der Waals surface area contributed by atoms with Crippen molar-refractivity contribution in [3.05, 3.63) is 23.8 Å². The van der Waals surface area contributed by atoms with Gasteiger partial charge in [0.25, 0.3) is 5.91 Å². The van der Waals surface area contributed by atoms with Gasteiger partial charge in [-0.25, -0.2) is 4.99 Å². The molecule has 6 nitrogen and oxygen atoms in total. The third-order valence-corrected chi connectivity index (χ3v) is 2.97. The molecule has 0 fully saturated rings. The molecule has 1 heterocycles. The quantitative estimate of drug-likeness (QED) is 0.887. The van der Waals surface area contributed by atoms with E-state index in [1.165, 1.54) is 0 Å². The first kappa shape index (κ1) is 15.2. The number of methoxy groups -OCH3 is 2. The van der Waals surface area contributed by atoms with Crippen molar-refractivity contribution in [3.8, 4) is 11.5 Å². The van der Waals surface area contributed by atoms with Crippen molar-refractivity contribution >= 4 is 11.9 Å². The maximum atomic E-state index is 12.2. The van der Waals surface area contributed by atoms with E-state index in [2.05, 4.69) is 15.6 Å². The minimum absolute atomic E-state index is 0.181. The van der Waals surface area contributed by atoms with E-state index in [0.29, 0.717) is 23.0 Å². The highest BCUT2D eigenvalue weighted by atomic mass is 16.5. The summed E-state index contributed by atoms with van der Waals surface area (Å²) in [5.74, 6) is 1.55. The Morgan fingerprint density at radius 1 is 1.24 bits per heavy atom. The fourth-order valence-electron chi connectivity index (χ4n) is 2.09. The molecular weight excluding hydrogens is 270 g/mol. The topological polar surface area (TPSA) is 72.0 Å². The third kappa shape index (κ3) is 3.45. The summed E-state index contributed by atoms with van der Waals surface area (Å²) in [6, 6.07) is 4.69. The lowest BCUT2D eigenvalue weighted by atomic mass is 10.1. The Kier molecular flexibility index (Phi) is 4.06. The Morgan fingerprint density at radius 2 is 1.95 bits per heavy atom. The average Bonchev–Trinajstić information content (AvgIpc) is 2.76. The lowest BCUT2D eigenvalue weighted by Crippen LogP contribution is -2.46. The lowest BCUT2D eigenvalue weighted by Gasteiger charge is -2.21. The molecule has 0 spiro atoms. The lowest BCUT2D eigenvalue weighted by molar-refractivity contribution is -0.120. The van der Waals surface area contributed by atoms with Gasteiger partial charge in [0.05, 0.1) is 14.2 Å². The van der Waals surface area contributed by atoms with Gasteiger partial charge in [0.15, 0.2) is 12.0 Å². The number of amides is 1. The molecule has 1 amide bonds. The fraction of sp³-hybridized carbons (Fsp3) is 0.467. The van der Waals surface area contributed by atoms with Gasteiger partial charge in [-0.15, -0.1) is 0 Å². The molecule has 1 aromatic carbocycles. The van der Waals surface area contributed by atoms with Crippen LogP contribution in [0.25, 0.3) is 0 Å². The van der Waals surface area contributed by atoms with Crippen molar-refractivity contribution in [1.82, 2.24) is 10.6 Å². The summed E-state index contributed by atoms with van der Waals surface area (Å²) >= 11 is 0. The van der Waals surface area contributed by atoms with Crippen LogP contribution in [-0.2, 0) is 4.79 Å². The highest BCUT2D eigenvalue weighted by molar-refractivity contribution is 6.05. The van der Waals surface area contributed by atoms with Crippen LogP contribution < -0.4 is 20.1 Å². The molecule has 21 heavy (non-hydrogen) atoms. The number of guanidine groups is 1. The van der Waals surface area contributed by atoms with Gasteiger partial charge >= 0.3 is 0 Å². The van der Waals surface area contributed by atoms with Crippen LogP contribution in [0.4, 0.5) is 0 Å². The minimum atomic E-state index is -0.639. The van der Waals surface area contributed by atoms with Crippen LogP contribution in [0.15, 0.2) is 23.2 Å². The molecular formula is C15H21N3O3. The van der Waals surface area contributed by atoms with E-state index in [-0.39, 0.29) is 11.4 Å². The number of aliphatic imine (C=N–C) groups is 1. The van der Waals surface area contributed by atoms with Crippen LogP contribution in [0.1, 0.15) is 32.4 Å². The molecule has 2 rings (SSSR count). The highest BCUT2D eigenvalue weighted by Crippen LogP contribution is 2.33. The monoisotopic (exact) mass is 291 g/mol. The number of hydrogen-bond acceptors (Lipinski definition) is 5. The summed E-state index contributed by atoms with van der Waals surface area (Å²) in [7, 11) is 3.15. The predicted molar refractivity (Wildman–Crippen MR) is 80.8 cm³/mol. The maximum absolute atomic E-state index is 12.2.